The van der Waals surface area contributed by atoms with Gasteiger partial charge in [0.05, 0.1) is 30.6 Å². The molecule has 2 aromatic carbocycles. The van der Waals surface area contributed by atoms with Crippen molar-refractivity contribution < 1.29 is 28.0 Å². The van der Waals surface area contributed by atoms with E-state index in [1.54, 1.807) is 19.9 Å². The summed E-state index contributed by atoms with van der Waals surface area (Å²) in [6.45, 7) is 5.83. The Morgan fingerprint density at radius 2 is 1.51 bits per heavy atom. The highest BCUT2D eigenvalue weighted by molar-refractivity contribution is 7.62. The van der Waals surface area contributed by atoms with Crippen molar-refractivity contribution in [3.8, 4) is 10.4 Å². The molecule has 3 aromatic rings. The first kappa shape index (κ1) is 28.3. The first-order chi connectivity index (χ1) is 17.8. The van der Waals surface area contributed by atoms with Crippen LogP contribution < -0.4 is 21.3 Å². The SMILES string of the molecule is CCNC(=O)c1cc(-c2ccccc2)sc1NC(=O)CNC(=O)c1ccc(P(=O)(OCC)OCC)cc1. The van der Waals surface area contributed by atoms with Crippen molar-refractivity contribution >= 4 is 47.0 Å². The Balaban J connectivity index is 1.67. The fourth-order valence-corrected chi connectivity index (χ4v) is 6.05. The van der Waals surface area contributed by atoms with E-state index in [-0.39, 0.29) is 31.2 Å². The van der Waals surface area contributed by atoms with E-state index in [0.29, 0.717) is 22.4 Å². The van der Waals surface area contributed by atoms with Crippen LogP contribution in [0, 0.1) is 0 Å². The molecule has 0 saturated carbocycles. The quantitative estimate of drug-likeness (QED) is 0.291. The molecule has 196 valence electrons. The molecule has 0 aliphatic rings. The van der Waals surface area contributed by atoms with Gasteiger partial charge in [0.25, 0.3) is 11.8 Å². The van der Waals surface area contributed by atoms with Crippen molar-refractivity contribution in [3.05, 3.63) is 71.8 Å². The second-order valence-corrected chi connectivity index (χ2v) is 10.8. The van der Waals surface area contributed by atoms with Crippen LogP contribution in [0.1, 0.15) is 41.5 Å². The van der Waals surface area contributed by atoms with E-state index >= 15 is 0 Å². The van der Waals surface area contributed by atoms with Gasteiger partial charge in [0.1, 0.15) is 5.00 Å². The molecule has 11 heteroatoms. The molecular weight excluding hydrogens is 513 g/mol. The summed E-state index contributed by atoms with van der Waals surface area (Å²) in [5, 5.41) is 8.79. The minimum absolute atomic E-state index is 0.216. The smallest absolute Gasteiger partial charge is 0.352 e. The van der Waals surface area contributed by atoms with Gasteiger partial charge in [-0.25, -0.2) is 0 Å². The number of benzene rings is 2. The van der Waals surface area contributed by atoms with Gasteiger partial charge >= 0.3 is 7.60 Å². The van der Waals surface area contributed by atoms with Crippen molar-refractivity contribution in [3.63, 3.8) is 0 Å². The number of carbonyl (C=O) groups is 3. The van der Waals surface area contributed by atoms with Gasteiger partial charge in [-0.05, 0) is 56.7 Å². The molecule has 0 radical (unpaired) electrons. The summed E-state index contributed by atoms with van der Waals surface area (Å²) < 4.78 is 23.5. The number of rotatable bonds is 12. The zero-order valence-corrected chi connectivity index (χ0v) is 22.6. The minimum atomic E-state index is -3.46. The van der Waals surface area contributed by atoms with Gasteiger partial charge in [0.2, 0.25) is 5.91 Å². The van der Waals surface area contributed by atoms with Gasteiger partial charge < -0.3 is 25.0 Å². The van der Waals surface area contributed by atoms with Crippen LogP contribution in [0.5, 0.6) is 0 Å². The largest absolute Gasteiger partial charge is 0.361 e. The molecule has 0 unspecified atom stereocenters. The number of anilines is 1. The van der Waals surface area contributed by atoms with Gasteiger partial charge in [-0.3, -0.25) is 18.9 Å². The molecule has 3 rings (SSSR count). The third kappa shape index (κ3) is 7.36. The Kier molecular flexibility index (Phi) is 10.2. The van der Waals surface area contributed by atoms with Gasteiger partial charge in [0, 0.05) is 17.0 Å². The predicted octanol–water partition coefficient (Wildman–Crippen LogP) is 4.42. The molecule has 3 N–H and O–H groups in total. The molecule has 0 saturated heterocycles. The number of hydrogen-bond donors (Lipinski definition) is 3. The highest BCUT2D eigenvalue weighted by Gasteiger charge is 2.26. The van der Waals surface area contributed by atoms with E-state index in [9.17, 15) is 18.9 Å². The summed E-state index contributed by atoms with van der Waals surface area (Å²) in [6.07, 6.45) is 0. The molecule has 3 amide bonds. The standard InChI is InChI=1S/C26H30N3O6PS/c1-4-27-25(32)21-16-22(18-10-8-7-9-11-18)37-26(21)29-23(30)17-28-24(31)19-12-14-20(15-13-19)36(33,34-5-2)35-6-3/h7-16H,4-6,17H2,1-3H3,(H,27,32)(H,28,31)(H,29,30). The summed E-state index contributed by atoms with van der Waals surface area (Å²) in [4.78, 5) is 38.6. The second-order valence-electron chi connectivity index (χ2n) is 7.69. The molecule has 0 aliphatic carbocycles. The lowest BCUT2D eigenvalue weighted by atomic mass is 10.1. The Bertz CT molecular complexity index is 1270. The summed E-state index contributed by atoms with van der Waals surface area (Å²) >= 11 is 1.28. The van der Waals surface area contributed by atoms with Gasteiger partial charge in [-0.2, -0.15) is 0 Å². The van der Waals surface area contributed by atoms with Crippen LogP contribution in [0.3, 0.4) is 0 Å². The number of carbonyl (C=O) groups excluding carboxylic acids is 3. The van der Waals surface area contributed by atoms with E-state index in [0.717, 1.165) is 10.4 Å². The fourth-order valence-electron chi connectivity index (χ4n) is 3.41. The Morgan fingerprint density at radius 1 is 0.865 bits per heavy atom. The van der Waals surface area contributed by atoms with Crippen molar-refractivity contribution in [2.45, 2.75) is 20.8 Å². The number of nitrogens with one attached hydrogen (secondary N) is 3. The Labute approximate surface area is 220 Å². The molecule has 37 heavy (non-hydrogen) atoms. The Morgan fingerprint density at radius 3 is 2.11 bits per heavy atom. The molecular formula is C26H30N3O6PS. The third-order valence-electron chi connectivity index (χ3n) is 5.08. The van der Waals surface area contributed by atoms with Crippen molar-refractivity contribution in [2.24, 2.45) is 0 Å². The number of thiophene rings is 1. The average molecular weight is 544 g/mol. The first-order valence-corrected chi connectivity index (χ1v) is 14.2. The average Bonchev–Trinajstić information content (AvgIpc) is 3.32. The van der Waals surface area contributed by atoms with E-state index < -0.39 is 19.4 Å². The number of amides is 3. The fraction of sp³-hybridized carbons (Fsp3) is 0.269. The minimum Gasteiger partial charge on any atom is -0.352 e. The summed E-state index contributed by atoms with van der Waals surface area (Å²) in [5.41, 5.74) is 1.56. The molecule has 0 spiro atoms. The topological polar surface area (TPSA) is 123 Å². The zero-order valence-electron chi connectivity index (χ0n) is 20.9. The van der Waals surface area contributed by atoms with Crippen LogP contribution in [0.4, 0.5) is 5.00 Å². The maximum Gasteiger partial charge on any atom is 0.361 e. The first-order valence-electron chi connectivity index (χ1n) is 11.9. The molecule has 0 aliphatic heterocycles. The molecule has 1 aromatic heterocycles. The van der Waals surface area contributed by atoms with Gasteiger partial charge in [-0.1, -0.05) is 30.3 Å². The number of hydrogen-bond acceptors (Lipinski definition) is 7. The molecule has 0 bridgehead atoms. The van der Waals surface area contributed by atoms with Gasteiger partial charge in [0.15, 0.2) is 0 Å². The van der Waals surface area contributed by atoms with E-state index in [4.69, 9.17) is 9.05 Å². The van der Waals surface area contributed by atoms with Crippen LogP contribution in [0.25, 0.3) is 10.4 Å². The van der Waals surface area contributed by atoms with Crippen LogP contribution in [-0.2, 0) is 18.4 Å². The van der Waals surface area contributed by atoms with E-state index in [2.05, 4.69) is 16.0 Å². The van der Waals surface area contributed by atoms with Crippen molar-refractivity contribution in [2.75, 3.05) is 31.6 Å². The lowest BCUT2D eigenvalue weighted by molar-refractivity contribution is -0.115. The monoisotopic (exact) mass is 543 g/mol. The maximum atomic E-state index is 12.9. The highest BCUT2D eigenvalue weighted by atomic mass is 32.1. The van der Waals surface area contributed by atoms with Crippen LogP contribution >= 0.6 is 18.9 Å². The normalized spacial score (nSPS) is 11.1. The zero-order chi connectivity index (χ0) is 26.8. The van der Waals surface area contributed by atoms with E-state index in [1.807, 2.05) is 37.3 Å². The second kappa shape index (κ2) is 13.3. The molecule has 1 heterocycles. The highest BCUT2D eigenvalue weighted by Crippen LogP contribution is 2.46. The van der Waals surface area contributed by atoms with Crippen LogP contribution in [0.2, 0.25) is 0 Å². The lowest BCUT2D eigenvalue weighted by Gasteiger charge is -2.17. The van der Waals surface area contributed by atoms with Crippen molar-refractivity contribution in [1.82, 2.24) is 10.6 Å². The van der Waals surface area contributed by atoms with E-state index in [1.165, 1.54) is 35.6 Å². The van der Waals surface area contributed by atoms with Gasteiger partial charge in [-0.15, -0.1) is 11.3 Å². The summed E-state index contributed by atoms with van der Waals surface area (Å²) in [5.74, 6) is -1.25. The molecule has 0 atom stereocenters. The lowest BCUT2D eigenvalue weighted by Crippen LogP contribution is -2.33. The molecule has 0 fully saturated rings. The molecule has 9 nitrogen and oxygen atoms in total. The Hall–Kier alpha value is -3.30. The summed E-state index contributed by atoms with van der Waals surface area (Å²) in [6, 6.07) is 17.3. The van der Waals surface area contributed by atoms with Crippen LogP contribution in [-0.4, -0.2) is 44.0 Å². The maximum absolute atomic E-state index is 12.9. The van der Waals surface area contributed by atoms with Crippen LogP contribution in [0.15, 0.2) is 60.7 Å². The van der Waals surface area contributed by atoms with Crippen molar-refractivity contribution in [1.29, 1.82) is 0 Å². The predicted molar refractivity (Wildman–Crippen MR) is 146 cm³/mol. The summed E-state index contributed by atoms with van der Waals surface area (Å²) in [7, 11) is -3.46. The third-order valence-corrected chi connectivity index (χ3v) is 8.31.